The summed E-state index contributed by atoms with van der Waals surface area (Å²) < 4.78 is 0. The Morgan fingerprint density at radius 2 is 2.00 bits per heavy atom. The number of hydrogen-bond acceptors (Lipinski definition) is 5. The molecular weight excluding hydrogens is 378 g/mol. The molecule has 0 heterocycles. The van der Waals surface area contributed by atoms with E-state index < -0.39 is 10.8 Å². The highest BCUT2D eigenvalue weighted by molar-refractivity contribution is 8.00. The average molecular weight is 399 g/mol. The van der Waals surface area contributed by atoms with Crippen LogP contribution in [-0.2, 0) is 11.3 Å². The minimum absolute atomic E-state index is 0.0534. The molecular formula is C20H21N3O4S. The largest absolute Gasteiger partial charge is 0.366 e. The third-order valence-corrected chi connectivity index (χ3v) is 5.58. The zero-order chi connectivity index (χ0) is 20.3. The van der Waals surface area contributed by atoms with E-state index in [1.54, 1.807) is 0 Å². The fourth-order valence-electron chi connectivity index (χ4n) is 2.97. The minimum Gasteiger partial charge on any atom is -0.366 e. The lowest BCUT2D eigenvalue weighted by Crippen LogP contribution is -2.34. The SMILES string of the molecule is Cc1cccc(CN(C(=O)CSc2ccc(C(N)=O)cc2[N+](=O)[O-])C2CC2)c1. The normalized spacial score (nSPS) is 13.2. The van der Waals surface area contributed by atoms with Gasteiger partial charge in [0.1, 0.15) is 0 Å². The van der Waals surface area contributed by atoms with E-state index in [2.05, 4.69) is 6.07 Å². The third kappa shape index (κ3) is 4.89. The molecule has 3 rings (SSSR count). The molecule has 0 spiro atoms. The van der Waals surface area contributed by atoms with E-state index in [4.69, 9.17) is 5.73 Å². The van der Waals surface area contributed by atoms with Gasteiger partial charge in [0.15, 0.2) is 0 Å². The topological polar surface area (TPSA) is 107 Å². The Kier molecular flexibility index (Phi) is 5.99. The van der Waals surface area contributed by atoms with Gasteiger partial charge in [-0.3, -0.25) is 19.7 Å². The quantitative estimate of drug-likeness (QED) is 0.416. The maximum atomic E-state index is 12.8. The van der Waals surface area contributed by atoms with Crippen LogP contribution in [0.1, 0.15) is 34.3 Å². The molecule has 0 unspecified atom stereocenters. The number of hydrogen-bond donors (Lipinski definition) is 1. The number of primary amides is 1. The Morgan fingerprint density at radius 1 is 1.25 bits per heavy atom. The summed E-state index contributed by atoms with van der Waals surface area (Å²) in [4.78, 5) is 37.0. The highest BCUT2D eigenvalue weighted by Gasteiger charge is 2.32. The fraction of sp³-hybridized carbons (Fsp3) is 0.300. The highest BCUT2D eigenvalue weighted by Crippen LogP contribution is 2.33. The van der Waals surface area contributed by atoms with Crippen molar-refractivity contribution in [2.24, 2.45) is 5.73 Å². The third-order valence-electron chi connectivity index (χ3n) is 4.53. The van der Waals surface area contributed by atoms with Crippen molar-refractivity contribution < 1.29 is 14.5 Å². The molecule has 0 aromatic heterocycles. The van der Waals surface area contributed by atoms with Crippen LogP contribution in [0, 0.1) is 17.0 Å². The zero-order valence-electron chi connectivity index (χ0n) is 15.5. The molecule has 146 valence electrons. The van der Waals surface area contributed by atoms with Crippen LogP contribution in [0.3, 0.4) is 0 Å². The molecule has 2 N–H and O–H groups in total. The number of nitrogens with zero attached hydrogens (tertiary/aromatic N) is 2. The number of nitrogens with two attached hydrogens (primary N) is 1. The van der Waals surface area contributed by atoms with Crippen LogP contribution in [0.25, 0.3) is 0 Å². The lowest BCUT2D eigenvalue weighted by atomic mass is 10.1. The number of amides is 2. The molecule has 8 heteroatoms. The van der Waals surface area contributed by atoms with Crippen molar-refractivity contribution >= 4 is 29.3 Å². The summed E-state index contributed by atoms with van der Waals surface area (Å²) in [6.07, 6.45) is 1.96. The van der Waals surface area contributed by atoms with Crippen molar-refractivity contribution in [3.05, 3.63) is 69.3 Å². The monoisotopic (exact) mass is 399 g/mol. The Morgan fingerprint density at radius 3 is 2.61 bits per heavy atom. The molecule has 0 atom stereocenters. The van der Waals surface area contributed by atoms with Crippen molar-refractivity contribution in [2.75, 3.05) is 5.75 Å². The molecule has 2 aromatic rings. The van der Waals surface area contributed by atoms with E-state index in [0.717, 1.165) is 41.8 Å². The van der Waals surface area contributed by atoms with Gasteiger partial charge in [-0.05, 0) is 37.5 Å². The summed E-state index contributed by atoms with van der Waals surface area (Å²) in [7, 11) is 0. The first-order valence-corrected chi connectivity index (χ1v) is 9.90. The zero-order valence-corrected chi connectivity index (χ0v) is 16.3. The summed E-state index contributed by atoms with van der Waals surface area (Å²) in [5, 5.41) is 11.3. The van der Waals surface area contributed by atoms with Crippen LogP contribution in [0.4, 0.5) is 5.69 Å². The van der Waals surface area contributed by atoms with Gasteiger partial charge >= 0.3 is 0 Å². The standard InChI is InChI=1S/C20H21N3O4S/c1-13-3-2-4-14(9-13)11-22(16-6-7-16)19(24)12-28-18-8-5-15(20(21)25)10-17(18)23(26)27/h2-5,8-10,16H,6-7,11-12H2,1H3,(H2,21,25). The van der Waals surface area contributed by atoms with Gasteiger partial charge in [0.25, 0.3) is 5.69 Å². The maximum absolute atomic E-state index is 12.8. The summed E-state index contributed by atoms with van der Waals surface area (Å²) in [5.74, 6) is -0.685. The lowest BCUT2D eigenvalue weighted by molar-refractivity contribution is -0.387. The van der Waals surface area contributed by atoms with Crippen molar-refractivity contribution in [2.45, 2.75) is 37.2 Å². The van der Waals surface area contributed by atoms with Crippen molar-refractivity contribution in [1.82, 2.24) is 4.90 Å². The molecule has 7 nitrogen and oxygen atoms in total. The molecule has 0 aliphatic heterocycles. The Hall–Kier alpha value is -2.87. The Bertz CT molecular complexity index is 927. The van der Waals surface area contributed by atoms with Gasteiger partial charge in [-0.2, -0.15) is 0 Å². The highest BCUT2D eigenvalue weighted by atomic mass is 32.2. The predicted molar refractivity (Wildman–Crippen MR) is 107 cm³/mol. The van der Waals surface area contributed by atoms with Gasteiger partial charge < -0.3 is 10.6 Å². The molecule has 1 aliphatic carbocycles. The molecule has 28 heavy (non-hydrogen) atoms. The predicted octanol–water partition coefficient (Wildman–Crippen LogP) is 3.29. The van der Waals surface area contributed by atoms with Crippen molar-refractivity contribution in [1.29, 1.82) is 0 Å². The lowest BCUT2D eigenvalue weighted by Gasteiger charge is -2.22. The summed E-state index contributed by atoms with van der Waals surface area (Å²) in [5.41, 5.74) is 7.25. The number of carbonyl (C=O) groups is 2. The van der Waals surface area contributed by atoms with E-state index in [-0.39, 0.29) is 29.0 Å². The van der Waals surface area contributed by atoms with E-state index in [9.17, 15) is 19.7 Å². The second kappa shape index (κ2) is 8.43. The van der Waals surface area contributed by atoms with Crippen LogP contribution in [0.15, 0.2) is 47.4 Å². The number of nitro benzene ring substituents is 1. The molecule has 1 saturated carbocycles. The number of nitro groups is 1. The van der Waals surface area contributed by atoms with Crippen molar-refractivity contribution in [3.63, 3.8) is 0 Å². The minimum atomic E-state index is -0.728. The molecule has 0 saturated heterocycles. The van der Waals surface area contributed by atoms with E-state index in [0.29, 0.717) is 11.4 Å². The van der Waals surface area contributed by atoms with Gasteiger partial charge in [0, 0.05) is 24.2 Å². The van der Waals surface area contributed by atoms with Gasteiger partial charge in [-0.1, -0.05) is 29.8 Å². The van der Waals surface area contributed by atoms with E-state index in [1.165, 1.54) is 12.1 Å². The van der Waals surface area contributed by atoms with Crippen LogP contribution >= 0.6 is 11.8 Å². The molecule has 2 amide bonds. The van der Waals surface area contributed by atoms with Crippen LogP contribution in [0.5, 0.6) is 0 Å². The second-order valence-corrected chi connectivity index (χ2v) is 7.85. The average Bonchev–Trinajstić information content (AvgIpc) is 3.49. The summed E-state index contributed by atoms with van der Waals surface area (Å²) >= 11 is 1.11. The number of carbonyl (C=O) groups excluding carboxylic acids is 2. The first-order chi connectivity index (χ1) is 13.3. The first-order valence-electron chi connectivity index (χ1n) is 8.91. The summed E-state index contributed by atoms with van der Waals surface area (Å²) in [6.45, 7) is 2.55. The molecule has 0 bridgehead atoms. The van der Waals surface area contributed by atoms with Gasteiger partial charge in [0.05, 0.1) is 15.6 Å². The maximum Gasteiger partial charge on any atom is 0.283 e. The summed E-state index contributed by atoms with van der Waals surface area (Å²) in [6, 6.07) is 12.3. The van der Waals surface area contributed by atoms with Gasteiger partial charge in [-0.25, -0.2) is 0 Å². The molecule has 0 radical (unpaired) electrons. The van der Waals surface area contributed by atoms with Crippen molar-refractivity contribution in [3.8, 4) is 0 Å². The van der Waals surface area contributed by atoms with Crippen LogP contribution in [0.2, 0.25) is 0 Å². The first kappa shape index (κ1) is 19.9. The van der Waals surface area contributed by atoms with Crippen LogP contribution in [-0.4, -0.2) is 33.4 Å². The Labute approximate surface area is 167 Å². The molecule has 2 aromatic carbocycles. The van der Waals surface area contributed by atoms with Gasteiger partial charge in [0.2, 0.25) is 11.8 Å². The van der Waals surface area contributed by atoms with Gasteiger partial charge in [-0.15, -0.1) is 11.8 Å². The Balaban J connectivity index is 1.71. The smallest absolute Gasteiger partial charge is 0.283 e. The number of thioether (sulfide) groups is 1. The molecule has 1 aliphatic rings. The number of rotatable bonds is 8. The van der Waals surface area contributed by atoms with E-state index in [1.807, 2.05) is 30.0 Å². The van der Waals surface area contributed by atoms with E-state index >= 15 is 0 Å². The second-order valence-electron chi connectivity index (χ2n) is 6.83. The molecule has 1 fully saturated rings. The number of benzene rings is 2. The van der Waals surface area contributed by atoms with Crippen LogP contribution < -0.4 is 5.73 Å². The number of aryl methyl sites for hydroxylation is 1. The fourth-order valence-corrected chi connectivity index (χ4v) is 3.86.